The lowest BCUT2D eigenvalue weighted by atomic mass is 10.2. The van der Waals surface area contributed by atoms with Crippen LogP contribution in [0.3, 0.4) is 0 Å². The number of halogens is 1. The largest absolute Gasteiger partial charge is 0.493 e. The van der Waals surface area contributed by atoms with E-state index in [1.165, 1.54) is 0 Å². The Labute approximate surface area is 142 Å². The molecule has 6 heteroatoms. The molecule has 0 unspecified atom stereocenters. The topological polar surface area (TPSA) is 67.4 Å². The number of carbonyl (C=O) groups excluding carboxylic acids is 2. The zero-order valence-corrected chi connectivity index (χ0v) is 14.7. The van der Waals surface area contributed by atoms with Gasteiger partial charge in [-0.3, -0.25) is 9.59 Å². The number of carbonyl (C=O) groups is 2. The number of aryl methyl sites for hydroxylation is 1. The molecule has 0 aliphatic heterocycles. The van der Waals surface area contributed by atoms with Crippen LogP contribution in [0.2, 0.25) is 5.02 Å². The summed E-state index contributed by atoms with van der Waals surface area (Å²) in [6.45, 7) is 6.63. The molecule has 0 aliphatic rings. The van der Waals surface area contributed by atoms with Crippen LogP contribution in [0, 0.1) is 6.92 Å². The zero-order valence-electron chi connectivity index (χ0n) is 13.9. The van der Waals surface area contributed by atoms with Gasteiger partial charge in [0.15, 0.2) is 0 Å². The van der Waals surface area contributed by atoms with Gasteiger partial charge in [-0.05, 0) is 50.5 Å². The molecule has 0 saturated heterocycles. The highest BCUT2D eigenvalue weighted by atomic mass is 35.5. The summed E-state index contributed by atoms with van der Waals surface area (Å²) in [5.41, 5.74) is 0.961. The van der Waals surface area contributed by atoms with Crippen LogP contribution in [-0.4, -0.2) is 31.0 Å². The Morgan fingerprint density at radius 3 is 2.74 bits per heavy atom. The fourth-order valence-electron chi connectivity index (χ4n) is 1.97. The minimum absolute atomic E-state index is 0.152. The number of ether oxygens (including phenoxy) is 1. The van der Waals surface area contributed by atoms with Crippen LogP contribution in [0.15, 0.2) is 18.2 Å². The first-order valence-corrected chi connectivity index (χ1v) is 8.27. The number of nitrogens with one attached hydrogen (secondary N) is 2. The highest BCUT2D eigenvalue weighted by molar-refractivity contribution is 6.30. The Morgan fingerprint density at radius 1 is 1.35 bits per heavy atom. The van der Waals surface area contributed by atoms with E-state index in [1.54, 1.807) is 13.0 Å². The number of benzene rings is 1. The van der Waals surface area contributed by atoms with Crippen molar-refractivity contribution in [3.8, 4) is 5.75 Å². The van der Waals surface area contributed by atoms with E-state index in [0.717, 1.165) is 17.7 Å². The van der Waals surface area contributed by atoms with E-state index in [9.17, 15) is 9.59 Å². The predicted octanol–water partition coefficient (Wildman–Crippen LogP) is 2.84. The molecule has 2 amide bonds. The zero-order chi connectivity index (χ0) is 17.2. The van der Waals surface area contributed by atoms with Crippen molar-refractivity contribution in [1.82, 2.24) is 10.6 Å². The Hall–Kier alpha value is -1.75. The standard InChI is InChI=1S/C17H25ClN2O3/c1-4-9-19-17(22)13(3)20-16(21)6-5-10-23-15-8-7-14(18)11-12(15)2/h7-8,11,13H,4-6,9-10H2,1-3H3,(H,19,22)(H,20,21)/t13-/m1/s1. The lowest BCUT2D eigenvalue weighted by molar-refractivity contribution is -0.128. The molecule has 23 heavy (non-hydrogen) atoms. The summed E-state index contributed by atoms with van der Waals surface area (Å²) in [7, 11) is 0. The van der Waals surface area contributed by atoms with Gasteiger partial charge >= 0.3 is 0 Å². The van der Waals surface area contributed by atoms with Gasteiger partial charge in [0, 0.05) is 18.0 Å². The minimum Gasteiger partial charge on any atom is -0.493 e. The van der Waals surface area contributed by atoms with E-state index in [4.69, 9.17) is 16.3 Å². The summed E-state index contributed by atoms with van der Waals surface area (Å²) in [4.78, 5) is 23.4. The molecule has 0 aromatic heterocycles. The second-order valence-corrected chi connectivity index (χ2v) is 5.88. The average Bonchev–Trinajstić information content (AvgIpc) is 2.50. The van der Waals surface area contributed by atoms with Crippen LogP contribution in [0.25, 0.3) is 0 Å². The molecular formula is C17H25ClN2O3. The summed E-state index contributed by atoms with van der Waals surface area (Å²) >= 11 is 5.88. The lowest BCUT2D eigenvalue weighted by Crippen LogP contribution is -2.45. The summed E-state index contributed by atoms with van der Waals surface area (Å²) in [6.07, 6.45) is 1.77. The van der Waals surface area contributed by atoms with Gasteiger partial charge in [-0.15, -0.1) is 0 Å². The first kappa shape index (κ1) is 19.3. The molecule has 128 valence electrons. The molecule has 5 nitrogen and oxygen atoms in total. The molecule has 0 spiro atoms. The second-order valence-electron chi connectivity index (χ2n) is 5.44. The molecular weight excluding hydrogens is 316 g/mol. The fraction of sp³-hybridized carbons (Fsp3) is 0.529. The Bertz CT molecular complexity index is 535. The van der Waals surface area contributed by atoms with Crippen molar-refractivity contribution in [2.45, 2.75) is 46.1 Å². The third-order valence-corrected chi connectivity index (χ3v) is 3.50. The van der Waals surface area contributed by atoms with Gasteiger partial charge in [-0.2, -0.15) is 0 Å². The Kier molecular flexibility index (Phi) is 8.48. The maximum atomic E-state index is 11.8. The van der Waals surface area contributed by atoms with E-state index in [2.05, 4.69) is 10.6 Å². The van der Waals surface area contributed by atoms with E-state index in [-0.39, 0.29) is 11.8 Å². The summed E-state index contributed by atoms with van der Waals surface area (Å²) in [6, 6.07) is 4.90. The maximum Gasteiger partial charge on any atom is 0.242 e. The average molecular weight is 341 g/mol. The van der Waals surface area contributed by atoms with Crippen LogP contribution >= 0.6 is 11.6 Å². The van der Waals surface area contributed by atoms with Gasteiger partial charge in [-0.25, -0.2) is 0 Å². The number of hydrogen-bond donors (Lipinski definition) is 2. The normalized spacial score (nSPS) is 11.7. The van der Waals surface area contributed by atoms with Crippen molar-refractivity contribution >= 4 is 23.4 Å². The molecule has 1 atom stereocenters. The molecule has 0 fully saturated rings. The van der Waals surface area contributed by atoms with E-state index >= 15 is 0 Å². The Morgan fingerprint density at radius 2 is 2.09 bits per heavy atom. The van der Waals surface area contributed by atoms with E-state index in [1.807, 2.05) is 26.0 Å². The van der Waals surface area contributed by atoms with E-state index in [0.29, 0.717) is 31.0 Å². The molecule has 0 saturated carbocycles. The van der Waals surface area contributed by atoms with Crippen molar-refractivity contribution in [2.24, 2.45) is 0 Å². The Balaban J connectivity index is 2.24. The maximum absolute atomic E-state index is 11.8. The predicted molar refractivity (Wildman–Crippen MR) is 91.8 cm³/mol. The number of hydrogen-bond acceptors (Lipinski definition) is 3. The number of amides is 2. The highest BCUT2D eigenvalue weighted by Gasteiger charge is 2.14. The van der Waals surface area contributed by atoms with Crippen LogP contribution in [0.4, 0.5) is 0 Å². The first-order chi connectivity index (χ1) is 10.9. The van der Waals surface area contributed by atoms with Gasteiger partial charge < -0.3 is 15.4 Å². The molecule has 2 N–H and O–H groups in total. The van der Waals surface area contributed by atoms with Crippen molar-refractivity contribution in [2.75, 3.05) is 13.2 Å². The van der Waals surface area contributed by atoms with Gasteiger partial charge in [-0.1, -0.05) is 18.5 Å². The van der Waals surface area contributed by atoms with Crippen LogP contribution < -0.4 is 15.4 Å². The molecule has 1 rings (SSSR count). The van der Waals surface area contributed by atoms with Crippen molar-refractivity contribution in [3.63, 3.8) is 0 Å². The molecule has 0 radical (unpaired) electrons. The van der Waals surface area contributed by atoms with Gasteiger partial charge in [0.25, 0.3) is 0 Å². The van der Waals surface area contributed by atoms with Crippen LogP contribution in [0.1, 0.15) is 38.7 Å². The summed E-state index contributed by atoms with van der Waals surface area (Å²) in [5.74, 6) is 0.455. The van der Waals surface area contributed by atoms with Gasteiger partial charge in [0.05, 0.1) is 6.61 Å². The van der Waals surface area contributed by atoms with Crippen LogP contribution in [0.5, 0.6) is 5.75 Å². The molecule has 1 aromatic carbocycles. The smallest absolute Gasteiger partial charge is 0.242 e. The van der Waals surface area contributed by atoms with Crippen molar-refractivity contribution < 1.29 is 14.3 Å². The third-order valence-electron chi connectivity index (χ3n) is 3.26. The number of rotatable bonds is 9. The fourth-order valence-corrected chi connectivity index (χ4v) is 2.20. The minimum atomic E-state index is -0.520. The van der Waals surface area contributed by atoms with Crippen molar-refractivity contribution in [3.05, 3.63) is 28.8 Å². The monoisotopic (exact) mass is 340 g/mol. The SMILES string of the molecule is CCCNC(=O)[C@@H](C)NC(=O)CCCOc1ccc(Cl)cc1C. The van der Waals surface area contributed by atoms with Crippen molar-refractivity contribution in [1.29, 1.82) is 0 Å². The van der Waals surface area contributed by atoms with E-state index < -0.39 is 6.04 Å². The van der Waals surface area contributed by atoms with Gasteiger partial charge in [0.1, 0.15) is 11.8 Å². The van der Waals surface area contributed by atoms with Crippen LogP contribution in [-0.2, 0) is 9.59 Å². The lowest BCUT2D eigenvalue weighted by Gasteiger charge is -2.14. The quantitative estimate of drug-likeness (QED) is 0.679. The molecule has 0 heterocycles. The highest BCUT2D eigenvalue weighted by Crippen LogP contribution is 2.21. The first-order valence-electron chi connectivity index (χ1n) is 7.90. The van der Waals surface area contributed by atoms with Gasteiger partial charge in [0.2, 0.25) is 11.8 Å². The summed E-state index contributed by atoms with van der Waals surface area (Å²) in [5, 5.41) is 6.10. The molecule has 1 aromatic rings. The molecule has 0 aliphatic carbocycles. The third kappa shape index (κ3) is 7.37. The summed E-state index contributed by atoms with van der Waals surface area (Å²) < 4.78 is 5.63. The second kappa shape index (κ2) is 10.1. The molecule has 0 bridgehead atoms.